The zero-order valence-corrected chi connectivity index (χ0v) is 10.7. The Kier molecular flexibility index (Phi) is 2.98. The Morgan fingerprint density at radius 3 is 2.35 bits per heavy atom. The average molecular weight is 232 g/mol. The molecule has 2 rings (SSSR count). The molecule has 2 nitrogen and oxygen atoms in total. The quantitative estimate of drug-likeness (QED) is 0.804. The minimum atomic E-state index is -0.0284. The van der Waals surface area contributed by atoms with Crippen molar-refractivity contribution < 1.29 is 9.90 Å². The third-order valence-corrected chi connectivity index (χ3v) is 3.75. The standard InChI is InChI=1S/C15H20O2/c1-10-8-13(17)14(15(2,3)9-10)11-4-6-12(16)7-5-11/h4-7,10,14,16H,8-9H2,1-3H3. The van der Waals surface area contributed by atoms with Crippen LogP contribution in [0.15, 0.2) is 24.3 Å². The molecule has 1 saturated carbocycles. The second kappa shape index (κ2) is 4.17. The highest BCUT2D eigenvalue weighted by atomic mass is 16.3. The summed E-state index contributed by atoms with van der Waals surface area (Å²) in [6.45, 7) is 6.48. The summed E-state index contributed by atoms with van der Waals surface area (Å²) < 4.78 is 0. The lowest BCUT2D eigenvalue weighted by Gasteiger charge is -2.40. The molecule has 1 fully saturated rings. The van der Waals surface area contributed by atoms with Gasteiger partial charge in [-0.1, -0.05) is 32.9 Å². The SMILES string of the molecule is CC1CC(=O)C(c2ccc(O)cc2)C(C)(C)C1. The molecule has 92 valence electrons. The minimum absolute atomic E-state index is 0.00568. The predicted octanol–water partition coefficient (Wildman–Crippen LogP) is 3.50. The van der Waals surface area contributed by atoms with Gasteiger partial charge < -0.3 is 5.11 Å². The number of carbonyl (C=O) groups is 1. The summed E-state index contributed by atoms with van der Waals surface area (Å²) in [5, 5.41) is 9.31. The summed E-state index contributed by atoms with van der Waals surface area (Å²) in [6.07, 6.45) is 1.75. The molecule has 0 radical (unpaired) electrons. The Bertz CT molecular complexity index is 417. The van der Waals surface area contributed by atoms with Gasteiger partial charge in [0.1, 0.15) is 11.5 Å². The van der Waals surface area contributed by atoms with Gasteiger partial charge in [-0.2, -0.15) is 0 Å². The monoisotopic (exact) mass is 232 g/mol. The van der Waals surface area contributed by atoms with Crippen LogP contribution in [-0.2, 0) is 4.79 Å². The maximum absolute atomic E-state index is 12.2. The number of carbonyl (C=O) groups excluding carboxylic acids is 1. The first kappa shape index (κ1) is 12.2. The average Bonchev–Trinajstić information content (AvgIpc) is 2.18. The molecule has 1 aliphatic carbocycles. The van der Waals surface area contributed by atoms with Crippen molar-refractivity contribution in [1.82, 2.24) is 0 Å². The smallest absolute Gasteiger partial charge is 0.141 e. The molecule has 1 N–H and O–H groups in total. The molecule has 2 atom stereocenters. The molecule has 1 aromatic carbocycles. The summed E-state index contributed by atoms with van der Waals surface area (Å²) in [5.41, 5.74) is 1.04. The van der Waals surface area contributed by atoms with Crippen molar-refractivity contribution in [1.29, 1.82) is 0 Å². The zero-order chi connectivity index (χ0) is 12.6. The highest BCUT2D eigenvalue weighted by molar-refractivity contribution is 5.87. The van der Waals surface area contributed by atoms with E-state index in [2.05, 4.69) is 20.8 Å². The molecule has 2 unspecified atom stereocenters. The van der Waals surface area contributed by atoms with Crippen molar-refractivity contribution in [2.75, 3.05) is 0 Å². The number of rotatable bonds is 1. The lowest BCUT2D eigenvalue weighted by Crippen LogP contribution is -2.36. The van der Waals surface area contributed by atoms with Crippen molar-refractivity contribution in [3.63, 3.8) is 0 Å². The maximum atomic E-state index is 12.2. The molecule has 0 heterocycles. The van der Waals surface area contributed by atoms with Gasteiger partial charge in [0, 0.05) is 12.3 Å². The highest BCUT2D eigenvalue weighted by Gasteiger charge is 2.41. The van der Waals surface area contributed by atoms with E-state index in [4.69, 9.17) is 0 Å². The van der Waals surface area contributed by atoms with E-state index in [1.54, 1.807) is 12.1 Å². The van der Waals surface area contributed by atoms with Crippen molar-refractivity contribution >= 4 is 5.78 Å². The lowest BCUT2D eigenvalue weighted by atomic mass is 9.62. The van der Waals surface area contributed by atoms with E-state index >= 15 is 0 Å². The van der Waals surface area contributed by atoms with Crippen LogP contribution in [-0.4, -0.2) is 10.9 Å². The number of ketones is 1. The van der Waals surface area contributed by atoms with Gasteiger partial charge in [0.15, 0.2) is 0 Å². The zero-order valence-electron chi connectivity index (χ0n) is 10.7. The Balaban J connectivity index is 2.35. The van der Waals surface area contributed by atoms with Gasteiger partial charge in [-0.15, -0.1) is 0 Å². The highest BCUT2D eigenvalue weighted by Crippen LogP contribution is 2.46. The first-order chi connectivity index (χ1) is 7.90. The molecule has 0 spiro atoms. The van der Waals surface area contributed by atoms with Gasteiger partial charge in [0.05, 0.1) is 0 Å². The first-order valence-corrected chi connectivity index (χ1v) is 6.22. The van der Waals surface area contributed by atoms with Gasteiger partial charge in [0.25, 0.3) is 0 Å². The lowest BCUT2D eigenvalue weighted by molar-refractivity contribution is -0.127. The molecular formula is C15H20O2. The van der Waals surface area contributed by atoms with Crippen LogP contribution >= 0.6 is 0 Å². The fourth-order valence-corrected chi connectivity index (χ4v) is 3.29. The molecule has 0 saturated heterocycles. The summed E-state index contributed by atoms with van der Waals surface area (Å²) in [6, 6.07) is 7.07. The second-order valence-electron chi connectivity index (χ2n) is 5.99. The fraction of sp³-hybridized carbons (Fsp3) is 0.533. The molecule has 0 bridgehead atoms. The molecule has 0 amide bonds. The van der Waals surface area contributed by atoms with Crippen LogP contribution in [0.25, 0.3) is 0 Å². The third kappa shape index (κ3) is 2.36. The molecule has 1 aliphatic rings. The number of aromatic hydroxyl groups is 1. The van der Waals surface area contributed by atoms with Crippen molar-refractivity contribution in [2.45, 2.75) is 39.5 Å². The maximum Gasteiger partial charge on any atom is 0.141 e. The van der Waals surface area contributed by atoms with Crippen molar-refractivity contribution in [3.05, 3.63) is 29.8 Å². The molecular weight excluding hydrogens is 212 g/mol. The van der Waals surface area contributed by atoms with E-state index in [0.29, 0.717) is 18.1 Å². The van der Waals surface area contributed by atoms with Gasteiger partial charge in [0.2, 0.25) is 0 Å². The van der Waals surface area contributed by atoms with Crippen LogP contribution in [0, 0.1) is 11.3 Å². The summed E-state index contributed by atoms with van der Waals surface area (Å²) in [7, 11) is 0. The Morgan fingerprint density at radius 2 is 1.82 bits per heavy atom. The normalized spacial score (nSPS) is 28.1. The largest absolute Gasteiger partial charge is 0.508 e. The van der Waals surface area contributed by atoms with Crippen LogP contribution in [0.5, 0.6) is 5.75 Å². The van der Waals surface area contributed by atoms with Crippen LogP contribution < -0.4 is 0 Å². The van der Waals surface area contributed by atoms with Gasteiger partial charge in [-0.25, -0.2) is 0 Å². The molecule has 2 heteroatoms. The van der Waals surface area contributed by atoms with Crippen molar-refractivity contribution in [2.24, 2.45) is 11.3 Å². The van der Waals surface area contributed by atoms with E-state index < -0.39 is 0 Å². The third-order valence-electron chi connectivity index (χ3n) is 3.75. The van der Waals surface area contributed by atoms with Crippen molar-refractivity contribution in [3.8, 4) is 5.75 Å². The van der Waals surface area contributed by atoms with Gasteiger partial charge in [-0.05, 0) is 35.4 Å². The Labute approximate surface area is 103 Å². The molecule has 0 aromatic heterocycles. The van der Waals surface area contributed by atoms with E-state index in [1.165, 1.54) is 0 Å². The molecule has 1 aromatic rings. The Morgan fingerprint density at radius 1 is 1.24 bits per heavy atom. The Hall–Kier alpha value is -1.31. The first-order valence-electron chi connectivity index (χ1n) is 6.22. The number of Topliss-reactive ketones (excluding diaryl/α,β-unsaturated/α-hetero) is 1. The van der Waals surface area contributed by atoms with E-state index in [9.17, 15) is 9.90 Å². The number of hydrogen-bond acceptors (Lipinski definition) is 2. The van der Waals surface area contributed by atoms with Crippen LogP contribution in [0.2, 0.25) is 0 Å². The number of hydrogen-bond donors (Lipinski definition) is 1. The van der Waals surface area contributed by atoms with E-state index in [0.717, 1.165) is 12.0 Å². The number of benzene rings is 1. The second-order valence-corrected chi connectivity index (χ2v) is 5.99. The van der Waals surface area contributed by atoms with E-state index in [1.807, 2.05) is 12.1 Å². The summed E-state index contributed by atoms with van der Waals surface area (Å²) in [4.78, 5) is 12.2. The van der Waals surface area contributed by atoms with Gasteiger partial charge >= 0.3 is 0 Å². The van der Waals surface area contributed by atoms with Crippen LogP contribution in [0.1, 0.15) is 45.1 Å². The molecule has 17 heavy (non-hydrogen) atoms. The van der Waals surface area contributed by atoms with Crippen LogP contribution in [0.3, 0.4) is 0 Å². The summed E-state index contributed by atoms with van der Waals surface area (Å²) in [5.74, 6) is 1.03. The minimum Gasteiger partial charge on any atom is -0.508 e. The van der Waals surface area contributed by atoms with Crippen LogP contribution in [0.4, 0.5) is 0 Å². The predicted molar refractivity (Wildman–Crippen MR) is 68.0 cm³/mol. The number of phenols is 1. The van der Waals surface area contributed by atoms with E-state index in [-0.39, 0.29) is 17.1 Å². The fourth-order valence-electron chi connectivity index (χ4n) is 3.29. The molecule has 0 aliphatic heterocycles. The summed E-state index contributed by atoms with van der Waals surface area (Å²) >= 11 is 0. The topological polar surface area (TPSA) is 37.3 Å². The number of phenolic OH excluding ortho intramolecular Hbond substituents is 1. The van der Waals surface area contributed by atoms with Gasteiger partial charge in [-0.3, -0.25) is 4.79 Å².